The van der Waals surface area contributed by atoms with Gasteiger partial charge in [0.05, 0.1) is 5.92 Å². The quantitative estimate of drug-likeness (QED) is 0.787. The Morgan fingerprint density at radius 3 is 2.30 bits per heavy atom. The number of amides is 1. The van der Waals surface area contributed by atoms with Gasteiger partial charge in [-0.2, -0.15) is 4.31 Å². The third kappa shape index (κ3) is 3.29. The molecule has 1 aliphatic heterocycles. The lowest BCUT2D eigenvalue weighted by Gasteiger charge is -2.37. The second kappa shape index (κ2) is 6.09. The van der Waals surface area contributed by atoms with E-state index in [2.05, 4.69) is 0 Å². The van der Waals surface area contributed by atoms with Crippen molar-refractivity contribution in [1.29, 1.82) is 0 Å². The zero-order valence-electron chi connectivity index (χ0n) is 12.2. The molecule has 0 aromatic heterocycles. The fraction of sp³-hybridized carbons (Fsp3) is 0.833. The minimum atomic E-state index is -3.84. The Kier molecular flexibility index (Phi) is 5.15. The topological polar surface area (TPSA) is 95.0 Å². The molecule has 20 heavy (non-hydrogen) atoms. The van der Waals surface area contributed by atoms with Crippen LogP contribution in [0, 0.1) is 5.92 Å². The Morgan fingerprint density at radius 1 is 1.30 bits per heavy atom. The van der Waals surface area contributed by atoms with Crippen LogP contribution < -0.4 is 0 Å². The number of nitrogens with zero attached hydrogens (tertiary/aromatic N) is 2. The summed E-state index contributed by atoms with van der Waals surface area (Å²) in [5, 5.41) is 7.85. The Morgan fingerprint density at radius 2 is 1.85 bits per heavy atom. The van der Waals surface area contributed by atoms with Gasteiger partial charge in [-0.25, -0.2) is 8.42 Å². The fourth-order valence-electron chi connectivity index (χ4n) is 2.33. The van der Waals surface area contributed by atoms with Gasteiger partial charge in [0.25, 0.3) is 0 Å². The van der Waals surface area contributed by atoms with Gasteiger partial charge in [-0.05, 0) is 26.7 Å². The maximum absolute atomic E-state index is 12.5. The number of carboxylic acids is 1. The molecule has 1 amide bonds. The van der Waals surface area contributed by atoms with Crippen molar-refractivity contribution in [2.75, 3.05) is 20.6 Å². The molecule has 0 aliphatic carbocycles. The van der Waals surface area contributed by atoms with E-state index in [9.17, 15) is 18.0 Å². The van der Waals surface area contributed by atoms with Gasteiger partial charge in [-0.15, -0.1) is 0 Å². The summed E-state index contributed by atoms with van der Waals surface area (Å²) < 4.78 is 26.2. The molecule has 0 radical (unpaired) electrons. The molecule has 0 aromatic carbocycles. The highest BCUT2D eigenvalue weighted by Gasteiger charge is 2.41. The molecular weight excluding hydrogens is 284 g/mol. The van der Waals surface area contributed by atoms with Crippen LogP contribution in [0.15, 0.2) is 0 Å². The minimum Gasteiger partial charge on any atom is -0.481 e. The first kappa shape index (κ1) is 16.9. The van der Waals surface area contributed by atoms with E-state index in [4.69, 9.17) is 5.11 Å². The SMILES string of the molecule is CC1CCC(C(=O)O)CN1S(=O)(=O)C(C)C(=O)N(C)C. The van der Waals surface area contributed by atoms with Crippen LogP contribution in [-0.4, -0.2) is 66.5 Å². The van der Waals surface area contributed by atoms with Gasteiger partial charge >= 0.3 is 5.97 Å². The molecule has 0 aromatic rings. The molecule has 3 unspecified atom stereocenters. The predicted octanol–water partition coefficient (Wildman–Crippen LogP) is -0.0220. The Labute approximate surface area is 119 Å². The molecule has 0 bridgehead atoms. The van der Waals surface area contributed by atoms with Crippen molar-refractivity contribution in [3.8, 4) is 0 Å². The molecule has 8 heteroatoms. The van der Waals surface area contributed by atoms with Crippen LogP contribution in [-0.2, 0) is 19.6 Å². The molecule has 1 N–H and O–H groups in total. The molecule has 1 fully saturated rings. The van der Waals surface area contributed by atoms with Crippen LogP contribution in [0.5, 0.6) is 0 Å². The lowest BCUT2D eigenvalue weighted by molar-refractivity contribution is -0.143. The number of piperidine rings is 1. The molecule has 7 nitrogen and oxygen atoms in total. The van der Waals surface area contributed by atoms with Gasteiger partial charge in [0.2, 0.25) is 15.9 Å². The van der Waals surface area contributed by atoms with Crippen molar-refractivity contribution in [3.63, 3.8) is 0 Å². The molecule has 1 rings (SSSR count). The van der Waals surface area contributed by atoms with Crippen molar-refractivity contribution in [2.24, 2.45) is 5.92 Å². The van der Waals surface area contributed by atoms with Crippen LogP contribution in [0.1, 0.15) is 26.7 Å². The van der Waals surface area contributed by atoms with Crippen LogP contribution in [0.3, 0.4) is 0 Å². The first-order valence-electron chi connectivity index (χ1n) is 6.53. The number of sulfonamides is 1. The first-order valence-corrected chi connectivity index (χ1v) is 8.04. The molecular formula is C12H22N2O5S. The van der Waals surface area contributed by atoms with E-state index in [1.807, 2.05) is 0 Å². The number of carboxylic acid groups (broad SMARTS) is 1. The van der Waals surface area contributed by atoms with Crippen molar-refractivity contribution in [2.45, 2.75) is 38.0 Å². The smallest absolute Gasteiger partial charge is 0.307 e. The van der Waals surface area contributed by atoms with Crippen molar-refractivity contribution in [1.82, 2.24) is 9.21 Å². The number of carbonyl (C=O) groups excluding carboxylic acids is 1. The summed E-state index contributed by atoms with van der Waals surface area (Å²) in [7, 11) is -0.855. The summed E-state index contributed by atoms with van der Waals surface area (Å²) in [5.41, 5.74) is 0. The number of hydrogen-bond donors (Lipinski definition) is 1. The fourth-order valence-corrected chi connectivity index (χ4v) is 4.19. The number of hydrogen-bond acceptors (Lipinski definition) is 4. The van der Waals surface area contributed by atoms with Gasteiger partial charge in [-0.3, -0.25) is 9.59 Å². The highest BCUT2D eigenvalue weighted by atomic mass is 32.2. The average molecular weight is 306 g/mol. The summed E-state index contributed by atoms with van der Waals surface area (Å²) in [4.78, 5) is 24.1. The van der Waals surface area contributed by atoms with Gasteiger partial charge in [-0.1, -0.05) is 0 Å². The van der Waals surface area contributed by atoms with E-state index in [-0.39, 0.29) is 12.6 Å². The van der Waals surface area contributed by atoms with Gasteiger partial charge < -0.3 is 10.0 Å². The van der Waals surface area contributed by atoms with E-state index >= 15 is 0 Å². The highest BCUT2D eigenvalue weighted by Crippen LogP contribution is 2.26. The van der Waals surface area contributed by atoms with Gasteiger partial charge in [0, 0.05) is 26.7 Å². The monoisotopic (exact) mass is 306 g/mol. The number of aliphatic carboxylic acids is 1. The Bertz CT molecular complexity index is 488. The normalized spacial score (nSPS) is 26.0. The largest absolute Gasteiger partial charge is 0.481 e. The molecule has 3 atom stereocenters. The number of carbonyl (C=O) groups is 2. The second-order valence-electron chi connectivity index (χ2n) is 5.45. The van der Waals surface area contributed by atoms with E-state index in [0.29, 0.717) is 12.8 Å². The Hall–Kier alpha value is -1.15. The average Bonchev–Trinajstić information content (AvgIpc) is 2.36. The highest BCUT2D eigenvalue weighted by molar-refractivity contribution is 7.90. The molecule has 0 saturated carbocycles. The van der Waals surface area contributed by atoms with Crippen LogP contribution in [0.25, 0.3) is 0 Å². The summed E-state index contributed by atoms with van der Waals surface area (Å²) in [5.74, 6) is -2.21. The molecule has 1 heterocycles. The minimum absolute atomic E-state index is 0.0656. The molecule has 116 valence electrons. The maximum atomic E-state index is 12.5. The van der Waals surface area contributed by atoms with E-state index in [0.717, 1.165) is 0 Å². The standard InChI is InChI=1S/C12H22N2O5S/c1-8-5-6-10(12(16)17)7-14(8)20(18,19)9(2)11(15)13(3)4/h8-10H,5-7H2,1-4H3,(H,16,17). The summed E-state index contributed by atoms with van der Waals surface area (Å²) in [6, 6.07) is -0.284. The molecule has 0 spiro atoms. The van der Waals surface area contributed by atoms with E-state index < -0.39 is 33.1 Å². The molecule has 1 aliphatic rings. The number of rotatable bonds is 4. The first-order chi connectivity index (χ1) is 9.09. The Balaban J connectivity index is 3.00. The van der Waals surface area contributed by atoms with E-state index in [1.54, 1.807) is 6.92 Å². The van der Waals surface area contributed by atoms with Gasteiger partial charge in [0.1, 0.15) is 0 Å². The third-order valence-corrected chi connectivity index (χ3v) is 5.99. The zero-order chi connectivity index (χ0) is 15.7. The van der Waals surface area contributed by atoms with Crippen LogP contribution in [0.2, 0.25) is 0 Å². The molecule has 1 saturated heterocycles. The van der Waals surface area contributed by atoms with Crippen LogP contribution in [0.4, 0.5) is 0 Å². The zero-order valence-corrected chi connectivity index (χ0v) is 13.1. The second-order valence-corrected chi connectivity index (χ2v) is 7.66. The van der Waals surface area contributed by atoms with Gasteiger partial charge in [0.15, 0.2) is 5.25 Å². The van der Waals surface area contributed by atoms with Crippen LogP contribution >= 0.6 is 0 Å². The van der Waals surface area contributed by atoms with Crippen molar-refractivity contribution >= 4 is 21.9 Å². The van der Waals surface area contributed by atoms with Crippen molar-refractivity contribution in [3.05, 3.63) is 0 Å². The summed E-state index contributed by atoms with van der Waals surface area (Å²) >= 11 is 0. The lowest BCUT2D eigenvalue weighted by atomic mass is 9.96. The summed E-state index contributed by atoms with van der Waals surface area (Å²) in [6.45, 7) is 3.02. The summed E-state index contributed by atoms with van der Waals surface area (Å²) in [6.07, 6.45) is 0.942. The van der Waals surface area contributed by atoms with Crippen molar-refractivity contribution < 1.29 is 23.1 Å². The third-order valence-electron chi connectivity index (χ3n) is 3.74. The van der Waals surface area contributed by atoms with E-state index in [1.165, 1.54) is 30.2 Å². The lowest BCUT2D eigenvalue weighted by Crippen LogP contribution is -2.52. The predicted molar refractivity (Wildman–Crippen MR) is 73.6 cm³/mol. The maximum Gasteiger partial charge on any atom is 0.307 e.